The van der Waals surface area contributed by atoms with E-state index in [0.29, 0.717) is 42.6 Å². The van der Waals surface area contributed by atoms with Crippen molar-refractivity contribution < 1.29 is 23.8 Å². The molecule has 0 radical (unpaired) electrons. The number of nitrogens with zero attached hydrogens (tertiary/aromatic N) is 2. The predicted octanol–water partition coefficient (Wildman–Crippen LogP) is 3.36. The lowest BCUT2D eigenvalue weighted by Gasteiger charge is -2.22. The number of carbonyl (C=O) groups is 2. The van der Waals surface area contributed by atoms with Gasteiger partial charge in [0, 0.05) is 29.3 Å². The first kappa shape index (κ1) is 21.8. The summed E-state index contributed by atoms with van der Waals surface area (Å²) in [5, 5.41) is 2.93. The lowest BCUT2D eigenvalue weighted by Crippen LogP contribution is -2.35. The molecule has 2 amide bonds. The molecular formula is C26H25N3O5. The number of ether oxygens (including phenoxy) is 3. The normalized spacial score (nSPS) is 16.6. The van der Waals surface area contributed by atoms with Crippen molar-refractivity contribution in [2.24, 2.45) is 0 Å². The molecule has 2 aromatic carbocycles. The minimum atomic E-state index is -0.332. The zero-order valence-electron chi connectivity index (χ0n) is 19.0. The molecule has 1 atom stereocenters. The average Bonchev–Trinajstić information content (AvgIpc) is 3.04. The summed E-state index contributed by atoms with van der Waals surface area (Å²) in [6, 6.07) is 16.5. The third-order valence-corrected chi connectivity index (χ3v) is 6.17. The summed E-state index contributed by atoms with van der Waals surface area (Å²) >= 11 is 0. The third-order valence-electron chi connectivity index (χ3n) is 6.17. The van der Waals surface area contributed by atoms with E-state index in [4.69, 9.17) is 14.2 Å². The van der Waals surface area contributed by atoms with Gasteiger partial charge < -0.3 is 24.4 Å². The van der Waals surface area contributed by atoms with Gasteiger partial charge in [-0.15, -0.1) is 0 Å². The van der Waals surface area contributed by atoms with Crippen LogP contribution in [0.2, 0.25) is 0 Å². The molecule has 2 aliphatic rings. The predicted molar refractivity (Wildman–Crippen MR) is 125 cm³/mol. The van der Waals surface area contributed by atoms with E-state index in [9.17, 15) is 9.59 Å². The molecule has 5 rings (SSSR count). The quantitative estimate of drug-likeness (QED) is 0.629. The Morgan fingerprint density at radius 1 is 1.15 bits per heavy atom. The van der Waals surface area contributed by atoms with Gasteiger partial charge in [0.05, 0.1) is 38.9 Å². The lowest BCUT2D eigenvalue weighted by atomic mass is 10.0. The second-order valence-corrected chi connectivity index (χ2v) is 8.21. The highest BCUT2D eigenvalue weighted by Crippen LogP contribution is 2.38. The first-order chi connectivity index (χ1) is 16.6. The monoisotopic (exact) mass is 459 g/mol. The number of hydrogen-bond donors (Lipinski definition) is 1. The molecule has 34 heavy (non-hydrogen) atoms. The average molecular weight is 460 g/mol. The van der Waals surface area contributed by atoms with Crippen molar-refractivity contribution in [2.45, 2.75) is 19.0 Å². The van der Waals surface area contributed by atoms with Crippen molar-refractivity contribution in [3.63, 3.8) is 0 Å². The van der Waals surface area contributed by atoms with Crippen LogP contribution in [0.15, 0.2) is 54.6 Å². The van der Waals surface area contributed by atoms with Gasteiger partial charge in [-0.1, -0.05) is 24.3 Å². The van der Waals surface area contributed by atoms with Gasteiger partial charge in [-0.05, 0) is 29.8 Å². The van der Waals surface area contributed by atoms with Gasteiger partial charge in [-0.25, -0.2) is 4.98 Å². The van der Waals surface area contributed by atoms with Crippen LogP contribution in [0.5, 0.6) is 17.4 Å². The molecule has 8 nitrogen and oxygen atoms in total. The largest absolute Gasteiger partial charge is 0.493 e. The van der Waals surface area contributed by atoms with Crippen LogP contribution >= 0.6 is 0 Å². The Morgan fingerprint density at radius 3 is 2.82 bits per heavy atom. The highest BCUT2D eigenvalue weighted by Gasteiger charge is 2.32. The topological polar surface area (TPSA) is 90.0 Å². The first-order valence-electron chi connectivity index (χ1n) is 11.1. The highest BCUT2D eigenvalue weighted by atomic mass is 16.5. The van der Waals surface area contributed by atoms with E-state index in [1.54, 1.807) is 31.3 Å². The van der Waals surface area contributed by atoms with Crippen molar-refractivity contribution in [3.8, 4) is 28.6 Å². The van der Waals surface area contributed by atoms with Crippen LogP contribution in [-0.4, -0.2) is 49.1 Å². The van der Waals surface area contributed by atoms with Crippen molar-refractivity contribution in [2.75, 3.05) is 27.4 Å². The molecule has 0 spiro atoms. The van der Waals surface area contributed by atoms with E-state index in [2.05, 4.69) is 10.3 Å². The second-order valence-electron chi connectivity index (χ2n) is 8.21. The summed E-state index contributed by atoms with van der Waals surface area (Å²) < 4.78 is 16.9. The molecular weight excluding hydrogens is 434 g/mol. The van der Waals surface area contributed by atoms with E-state index in [-0.39, 0.29) is 24.3 Å². The molecule has 174 valence electrons. The van der Waals surface area contributed by atoms with Gasteiger partial charge >= 0.3 is 0 Å². The zero-order chi connectivity index (χ0) is 23.7. The molecule has 1 N–H and O–H groups in total. The van der Waals surface area contributed by atoms with Crippen LogP contribution in [-0.2, 0) is 11.3 Å². The van der Waals surface area contributed by atoms with Crippen LogP contribution in [0.4, 0.5) is 0 Å². The van der Waals surface area contributed by atoms with E-state index >= 15 is 0 Å². The number of pyridine rings is 1. The Kier molecular flexibility index (Phi) is 5.79. The van der Waals surface area contributed by atoms with Crippen LogP contribution in [0.1, 0.15) is 33.9 Å². The summed E-state index contributed by atoms with van der Waals surface area (Å²) in [4.78, 5) is 31.8. The summed E-state index contributed by atoms with van der Waals surface area (Å²) in [5.74, 6) is 1.53. The molecule has 8 heteroatoms. The maximum Gasteiger partial charge on any atom is 0.252 e. The van der Waals surface area contributed by atoms with Crippen LogP contribution < -0.4 is 19.5 Å². The third kappa shape index (κ3) is 4.03. The zero-order valence-corrected chi connectivity index (χ0v) is 19.0. The van der Waals surface area contributed by atoms with Crippen LogP contribution in [0, 0.1) is 0 Å². The maximum absolute atomic E-state index is 13.3. The minimum Gasteiger partial charge on any atom is -0.493 e. The molecule has 0 unspecified atom stereocenters. The number of benzene rings is 2. The fourth-order valence-electron chi connectivity index (χ4n) is 4.47. The molecule has 0 aliphatic carbocycles. The smallest absolute Gasteiger partial charge is 0.252 e. The van der Waals surface area contributed by atoms with Gasteiger partial charge in [-0.2, -0.15) is 0 Å². The Balaban J connectivity index is 1.41. The summed E-state index contributed by atoms with van der Waals surface area (Å²) in [5.41, 5.74) is 3.89. The van der Waals surface area contributed by atoms with Crippen molar-refractivity contribution >= 4 is 11.8 Å². The summed E-state index contributed by atoms with van der Waals surface area (Å²) in [6.45, 7) is 1.15. The molecule has 0 bridgehead atoms. The SMILES string of the molecule is COc1cccc(-c2cc3c(c(OC)c2)OCCN(C(=O)C[C@@H]2NC(=O)c4ccccc42)C3)n1. The van der Waals surface area contributed by atoms with Gasteiger partial charge in [0.1, 0.15) is 6.61 Å². The Morgan fingerprint density at radius 2 is 2.00 bits per heavy atom. The number of rotatable bonds is 5. The Hall–Kier alpha value is -4.07. The molecule has 2 aliphatic heterocycles. The number of carbonyl (C=O) groups excluding carboxylic acids is 2. The molecule has 3 aromatic rings. The van der Waals surface area contributed by atoms with Crippen molar-refractivity contribution in [1.82, 2.24) is 15.2 Å². The minimum absolute atomic E-state index is 0.0534. The maximum atomic E-state index is 13.3. The Labute approximate surface area is 197 Å². The van der Waals surface area contributed by atoms with Gasteiger partial charge in [0.15, 0.2) is 11.5 Å². The number of nitrogens with one attached hydrogen (secondary N) is 1. The first-order valence-corrected chi connectivity index (χ1v) is 11.1. The van der Waals surface area contributed by atoms with Crippen molar-refractivity contribution in [3.05, 3.63) is 71.3 Å². The number of aromatic nitrogens is 1. The fourth-order valence-corrected chi connectivity index (χ4v) is 4.47. The van der Waals surface area contributed by atoms with E-state index in [0.717, 1.165) is 22.4 Å². The van der Waals surface area contributed by atoms with Crippen LogP contribution in [0.3, 0.4) is 0 Å². The van der Waals surface area contributed by atoms with Crippen LogP contribution in [0.25, 0.3) is 11.3 Å². The number of hydrogen-bond acceptors (Lipinski definition) is 6. The fraction of sp³-hybridized carbons (Fsp3) is 0.269. The summed E-state index contributed by atoms with van der Waals surface area (Å²) in [7, 11) is 3.17. The number of fused-ring (bicyclic) bond motifs is 2. The van der Waals surface area contributed by atoms with Crippen molar-refractivity contribution in [1.29, 1.82) is 0 Å². The standard InChI is InChI=1S/C26H25N3O5/c1-32-22-13-16(20-8-5-9-23(27-20)33-2)12-17-15-29(10-11-34-25(17)22)24(30)14-21-18-6-3-4-7-19(18)26(31)28-21/h3-9,12-13,21H,10-11,14-15H2,1-2H3,(H,28,31)/t21-/m0/s1. The van der Waals surface area contributed by atoms with E-state index in [1.807, 2.05) is 42.5 Å². The number of amides is 2. The lowest BCUT2D eigenvalue weighted by molar-refractivity contribution is -0.132. The molecule has 0 saturated heterocycles. The second kappa shape index (κ2) is 9.05. The molecule has 3 heterocycles. The molecule has 1 aromatic heterocycles. The molecule has 0 saturated carbocycles. The summed E-state index contributed by atoms with van der Waals surface area (Å²) in [6.07, 6.45) is 0.187. The van der Waals surface area contributed by atoms with E-state index < -0.39 is 0 Å². The highest BCUT2D eigenvalue weighted by molar-refractivity contribution is 5.99. The van der Waals surface area contributed by atoms with Gasteiger partial charge in [-0.3, -0.25) is 9.59 Å². The van der Waals surface area contributed by atoms with Gasteiger partial charge in [0.2, 0.25) is 11.8 Å². The Bertz CT molecular complexity index is 1260. The molecule has 0 fully saturated rings. The van der Waals surface area contributed by atoms with Gasteiger partial charge in [0.25, 0.3) is 5.91 Å². The van der Waals surface area contributed by atoms with E-state index in [1.165, 1.54) is 0 Å². The number of methoxy groups -OCH3 is 2.